The molecule has 0 saturated carbocycles. The Hall–Kier alpha value is -2.19. The van der Waals surface area contributed by atoms with Crippen molar-refractivity contribution in [2.45, 2.75) is 36.5 Å². The molecular weight excluding hydrogens is 364 g/mol. The van der Waals surface area contributed by atoms with Gasteiger partial charge in [0, 0.05) is 30.8 Å². The van der Waals surface area contributed by atoms with Gasteiger partial charge in [-0.1, -0.05) is 25.1 Å². The second kappa shape index (κ2) is 6.76. The Morgan fingerprint density at radius 3 is 2.89 bits per heavy atom. The summed E-state index contributed by atoms with van der Waals surface area (Å²) in [6, 6.07) is 7.23. The van der Waals surface area contributed by atoms with Gasteiger partial charge in [0.05, 0.1) is 16.3 Å². The van der Waals surface area contributed by atoms with Crippen molar-refractivity contribution in [3.05, 3.63) is 35.5 Å². The first-order valence-electron chi connectivity index (χ1n) is 9.32. The minimum Gasteiger partial charge on any atom is -0.349 e. The molecule has 1 aromatic carbocycles. The number of likely N-dealkylation sites (tertiary alicyclic amines) is 1. The molecule has 4 rings (SSSR count). The van der Waals surface area contributed by atoms with E-state index in [1.54, 1.807) is 36.0 Å². The van der Waals surface area contributed by atoms with Gasteiger partial charge in [0.1, 0.15) is 0 Å². The number of aromatic nitrogens is 2. The molecule has 3 heterocycles. The van der Waals surface area contributed by atoms with E-state index in [0.717, 1.165) is 25.9 Å². The van der Waals surface area contributed by atoms with E-state index in [2.05, 4.69) is 22.2 Å². The standard InChI is InChI=1S/C19H24N4O3S/c1-3-23-10-6-7-13(23)11-20-19(24)17-15-12-27(25,26)16-9-5-4-8-14(16)18(15)22(2)21-17/h4-5,8-9,13H,3,6-7,10-12H2,1-2H3,(H,20,24). The predicted octanol–water partition coefficient (Wildman–Crippen LogP) is 1.59. The van der Waals surface area contributed by atoms with Crippen molar-refractivity contribution in [2.24, 2.45) is 7.05 Å². The summed E-state index contributed by atoms with van der Waals surface area (Å²) in [6.07, 6.45) is 2.21. The molecule has 0 spiro atoms. The molecule has 2 aliphatic rings. The van der Waals surface area contributed by atoms with Gasteiger partial charge in [-0.05, 0) is 32.0 Å². The molecule has 27 heavy (non-hydrogen) atoms. The lowest BCUT2D eigenvalue weighted by Gasteiger charge is -2.22. The molecule has 1 amide bonds. The zero-order chi connectivity index (χ0) is 19.2. The molecule has 1 atom stereocenters. The molecule has 0 bridgehead atoms. The summed E-state index contributed by atoms with van der Waals surface area (Å²) in [5, 5.41) is 7.34. The fourth-order valence-electron chi connectivity index (χ4n) is 4.26. The average Bonchev–Trinajstić information content (AvgIpc) is 3.23. The van der Waals surface area contributed by atoms with Crippen LogP contribution in [0.25, 0.3) is 11.3 Å². The highest BCUT2D eigenvalue weighted by Gasteiger charge is 2.35. The number of amides is 1. The molecule has 1 saturated heterocycles. The summed E-state index contributed by atoms with van der Waals surface area (Å²) in [5.41, 5.74) is 2.03. The Kier molecular flexibility index (Phi) is 4.55. The third kappa shape index (κ3) is 3.06. The van der Waals surface area contributed by atoms with E-state index in [4.69, 9.17) is 0 Å². The number of likely N-dealkylation sites (N-methyl/N-ethyl adjacent to an activating group) is 1. The molecular formula is C19H24N4O3S. The van der Waals surface area contributed by atoms with Crippen molar-refractivity contribution in [3.63, 3.8) is 0 Å². The number of benzene rings is 1. The van der Waals surface area contributed by atoms with Crippen LogP contribution in [0.1, 0.15) is 35.8 Å². The van der Waals surface area contributed by atoms with Crippen LogP contribution in [0, 0.1) is 0 Å². The molecule has 8 heteroatoms. The average molecular weight is 388 g/mol. The van der Waals surface area contributed by atoms with Crippen LogP contribution < -0.4 is 5.32 Å². The monoisotopic (exact) mass is 388 g/mol. The maximum Gasteiger partial charge on any atom is 0.272 e. The first-order chi connectivity index (χ1) is 12.9. The van der Waals surface area contributed by atoms with E-state index >= 15 is 0 Å². The number of rotatable bonds is 4. The first kappa shape index (κ1) is 18.2. The van der Waals surface area contributed by atoms with E-state index in [1.807, 2.05) is 0 Å². The molecule has 1 unspecified atom stereocenters. The smallest absolute Gasteiger partial charge is 0.272 e. The lowest BCUT2D eigenvalue weighted by Crippen LogP contribution is -2.40. The van der Waals surface area contributed by atoms with Crippen LogP contribution in [-0.2, 0) is 22.6 Å². The van der Waals surface area contributed by atoms with Crippen molar-refractivity contribution in [1.82, 2.24) is 20.0 Å². The summed E-state index contributed by atoms with van der Waals surface area (Å²) in [5.74, 6) is -0.495. The van der Waals surface area contributed by atoms with Crippen LogP contribution in [0.15, 0.2) is 29.2 Å². The van der Waals surface area contributed by atoms with Crippen molar-refractivity contribution in [3.8, 4) is 11.3 Å². The number of carbonyl (C=O) groups is 1. The molecule has 7 nitrogen and oxygen atoms in total. The molecule has 1 aromatic heterocycles. The number of nitrogens with zero attached hydrogens (tertiary/aromatic N) is 3. The number of fused-ring (bicyclic) bond motifs is 3. The number of hydrogen-bond acceptors (Lipinski definition) is 5. The second-order valence-electron chi connectivity index (χ2n) is 7.19. The Morgan fingerprint density at radius 2 is 2.11 bits per heavy atom. The van der Waals surface area contributed by atoms with Crippen molar-refractivity contribution in [2.75, 3.05) is 19.6 Å². The number of hydrogen-bond donors (Lipinski definition) is 1. The number of aryl methyl sites for hydroxylation is 1. The molecule has 0 radical (unpaired) electrons. The summed E-state index contributed by atoms with van der Waals surface area (Å²) < 4.78 is 27.0. The Balaban J connectivity index is 1.64. The van der Waals surface area contributed by atoms with E-state index in [0.29, 0.717) is 34.3 Å². The molecule has 1 N–H and O–H groups in total. The lowest BCUT2D eigenvalue weighted by molar-refractivity contribution is 0.0935. The highest BCUT2D eigenvalue weighted by atomic mass is 32.2. The summed E-state index contributed by atoms with van der Waals surface area (Å²) in [7, 11) is -1.73. The molecule has 1 fully saturated rings. The fraction of sp³-hybridized carbons (Fsp3) is 0.474. The van der Waals surface area contributed by atoms with Gasteiger partial charge in [-0.3, -0.25) is 14.4 Å². The minimum absolute atomic E-state index is 0.194. The van der Waals surface area contributed by atoms with Gasteiger partial charge in [-0.25, -0.2) is 8.42 Å². The maximum absolute atomic E-state index is 12.8. The van der Waals surface area contributed by atoms with Gasteiger partial charge in [-0.15, -0.1) is 0 Å². The summed E-state index contributed by atoms with van der Waals surface area (Å²) >= 11 is 0. The fourth-order valence-corrected chi connectivity index (χ4v) is 5.86. The van der Waals surface area contributed by atoms with Crippen LogP contribution in [0.2, 0.25) is 0 Å². The van der Waals surface area contributed by atoms with Gasteiger partial charge >= 0.3 is 0 Å². The van der Waals surface area contributed by atoms with E-state index < -0.39 is 9.84 Å². The van der Waals surface area contributed by atoms with Gasteiger partial charge in [-0.2, -0.15) is 5.10 Å². The summed E-state index contributed by atoms with van der Waals surface area (Å²) in [6.45, 7) is 4.71. The van der Waals surface area contributed by atoms with Gasteiger partial charge in [0.2, 0.25) is 0 Å². The number of sulfone groups is 1. The predicted molar refractivity (Wildman–Crippen MR) is 102 cm³/mol. The van der Waals surface area contributed by atoms with Crippen LogP contribution in [0.5, 0.6) is 0 Å². The number of carbonyl (C=O) groups excluding carboxylic acids is 1. The third-order valence-electron chi connectivity index (χ3n) is 5.58. The van der Waals surface area contributed by atoms with Gasteiger partial charge in [0.15, 0.2) is 15.5 Å². The van der Waals surface area contributed by atoms with E-state index in [-0.39, 0.29) is 17.4 Å². The van der Waals surface area contributed by atoms with Crippen LogP contribution >= 0.6 is 0 Å². The normalized spacial score (nSPS) is 20.9. The highest BCUT2D eigenvalue weighted by Crippen LogP contribution is 2.38. The molecule has 144 valence electrons. The zero-order valence-corrected chi connectivity index (χ0v) is 16.4. The molecule has 2 aromatic rings. The van der Waals surface area contributed by atoms with Crippen molar-refractivity contribution in [1.29, 1.82) is 0 Å². The van der Waals surface area contributed by atoms with Gasteiger partial charge < -0.3 is 5.32 Å². The Labute approximate surface area is 159 Å². The SMILES string of the molecule is CCN1CCCC1CNC(=O)c1nn(C)c2c1CS(=O)(=O)c1ccccc1-2. The van der Waals surface area contributed by atoms with E-state index in [9.17, 15) is 13.2 Å². The summed E-state index contributed by atoms with van der Waals surface area (Å²) in [4.78, 5) is 15.5. The minimum atomic E-state index is -3.48. The molecule has 0 aliphatic carbocycles. The quantitative estimate of drug-likeness (QED) is 0.860. The Bertz CT molecular complexity index is 996. The van der Waals surface area contributed by atoms with Gasteiger partial charge in [0.25, 0.3) is 5.91 Å². The van der Waals surface area contributed by atoms with Crippen LogP contribution in [0.3, 0.4) is 0 Å². The highest BCUT2D eigenvalue weighted by molar-refractivity contribution is 7.90. The van der Waals surface area contributed by atoms with E-state index in [1.165, 1.54) is 0 Å². The topological polar surface area (TPSA) is 84.3 Å². The molecule has 2 aliphatic heterocycles. The zero-order valence-electron chi connectivity index (χ0n) is 15.6. The first-order valence-corrected chi connectivity index (χ1v) is 11.0. The van der Waals surface area contributed by atoms with Crippen LogP contribution in [-0.4, -0.2) is 54.7 Å². The largest absolute Gasteiger partial charge is 0.349 e. The number of nitrogens with one attached hydrogen (secondary N) is 1. The third-order valence-corrected chi connectivity index (χ3v) is 7.27. The maximum atomic E-state index is 12.8. The van der Waals surface area contributed by atoms with Crippen LogP contribution in [0.4, 0.5) is 0 Å². The lowest BCUT2D eigenvalue weighted by atomic mass is 10.1. The van der Waals surface area contributed by atoms with Crippen molar-refractivity contribution < 1.29 is 13.2 Å². The Morgan fingerprint density at radius 1 is 1.33 bits per heavy atom. The van der Waals surface area contributed by atoms with Crippen molar-refractivity contribution >= 4 is 15.7 Å². The second-order valence-corrected chi connectivity index (χ2v) is 9.15.